The molecule has 4 aromatic rings. The first-order valence-electron chi connectivity index (χ1n) is 14.7. The van der Waals surface area contributed by atoms with Crippen LogP contribution in [0.1, 0.15) is 51.4 Å². The van der Waals surface area contributed by atoms with Gasteiger partial charge in [-0.05, 0) is 71.5 Å². The minimum absolute atomic E-state index is 0.0419. The summed E-state index contributed by atoms with van der Waals surface area (Å²) in [6.07, 6.45) is 2.95. The van der Waals surface area contributed by atoms with Gasteiger partial charge in [0.15, 0.2) is 0 Å². The fourth-order valence-electron chi connectivity index (χ4n) is 5.82. The summed E-state index contributed by atoms with van der Waals surface area (Å²) in [5.74, 6) is -3.96. The van der Waals surface area contributed by atoms with E-state index in [1.165, 1.54) is 59.0 Å². The summed E-state index contributed by atoms with van der Waals surface area (Å²) in [7, 11) is -3.91. The molecule has 240 valence electrons. The Labute approximate surface area is 264 Å². The Bertz CT molecular complexity index is 1800. The number of sulfonamides is 1. The molecule has 0 amide bonds. The van der Waals surface area contributed by atoms with E-state index in [4.69, 9.17) is 0 Å². The molecule has 0 aliphatic carbocycles. The predicted molar refractivity (Wildman–Crippen MR) is 163 cm³/mol. The molecule has 46 heavy (non-hydrogen) atoms. The van der Waals surface area contributed by atoms with Crippen LogP contribution in [-0.2, 0) is 27.7 Å². The van der Waals surface area contributed by atoms with E-state index < -0.39 is 45.3 Å². The molecule has 3 aromatic carbocycles. The number of aromatic nitrogens is 1. The van der Waals surface area contributed by atoms with Gasteiger partial charge in [-0.15, -0.1) is 0 Å². The largest absolute Gasteiger partial charge is 0.314 e. The molecule has 2 atom stereocenters. The Hall–Kier alpha value is -4.26. The maximum absolute atomic E-state index is 15.2. The topological polar surface area (TPSA) is 96.4 Å². The van der Waals surface area contributed by atoms with E-state index in [2.05, 4.69) is 10.3 Å². The second kappa shape index (κ2) is 14.4. The number of halogens is 4. The monoisotopic (exact) mass is 653 g/mol. The molecule has 0 saturated carbocycles. The summed E-state index contributed by atoms with van der Waals surface area (Å²) in [6.45, 7) is 0.949. The molecule has 5 rings (SSSR count). The van der Waals surface area contributed by atoms with Crippen molar-refractivity contribution in [1.82, 2.24) is 14.6 Å². The predicted octanol–water partition coefficient (Wildman–Crippen LogP) is 5.38. The lowest BCUT2D eigenvalue weighted by molar-refractivity contribution is -0.118. The Morgan fingerprint density at radius 1 is 0.935 bits per heavy atom. The molecule has 0 bridgehead atoms. The van der Waals surface area contributed by atoms with Crippen molar-refractivity contribution < 1.29 is 35.6 Å². The first-order valence-corrected chi connectivity index (χ1v) is 16.1. The van der Waals surface area contributed by atoms with Crippen LogP contribution in [0.2, 0.25) is 0 Å². The number of benzene rings is 3. The first-order chi connectivity index (χ1) is 22.0. The third-order valence-electron chi connectivity index (χ3n) is 8.12. The van der Waals surface area contributed by atoms with E-state index in [0.29, 0.717) is 36.1 Å². The fourth-order valence-corrected chi connectivity index (χ4v) is 7.47. The van der Waals surface area contributed by atoms with E-state index in [1.54, 1.807) is 0 Å². The van der Waals surface area contributed by atoms with Crippen LogP contribution in [0, 0.1) is 23.3 Å². The number of hydrogen-bond acceptors (Lipinski definition) is 6. The third kappa shape index (κ3) is 7.75. The van der Waals surface area contributed by atoms with Gasteiger partial charge in [0.05, 0.1) is 11.1 Å². The second-order valence-electron chi connectivity index (χ2n) is 11.2. The van der Waals surface area contributed by atoms with Crippen LogP contribution in [0.3, 0.4) is 0 Å². The Morgan fingerprint density at radius 2 is 1.63 bits per heavy atom. The number of pyridine rings is 1. The highest BCUT2D eigenvalue weighted by molar-refractivity contribution is 7.89. The summed E-state index contributed by atoms with van der Waals surface area (Å²) < 4.78 is 85.4. The smallest absolute Gasteiger partial charge is 0.243 e. The van der Waals surface area contributed by atoms with E-state index in [-0.39, 0.29) is 54.0 Å². The molecule has 7 nitrogen and oxygen atoms in total. The average molecular weight is 654 g/mol. The van der Waals surface area contributed by atoms with Crippen LogP contribution in [0.5, 0.6) is 0 Å². The van der Waals surface area contributed by atoms with Gasteiger partial charge in [-0.25, -0.2) is 26.0 Å². The van der Waals surface area contributed by atoms with Crippen molar-refractivity contribution in [3.8, 4) is 0 Å². The molecular weight excluding hydrogens is 622 g/mol. The summed E-state index contributed by atoms with van der Waals surface area (Å²) in [5.41, 5.74) is 1.55. The Balaban J connectivity index is 1.34. The summed E-state index contributed by atoms with van der Waals surface area (Å²) >= 11 is 0. The van der Waals surface area contributed by atoms with Crippen molar-refractivity contribution in [2.75, 3.05) is 19.6 Å². The number of nitrogens with zero attached hydrogens (tertiary/aromatic N) is 2. The summed E-state index contributed by atoms with van der Waals surface area (Å²) in [5, 5.41) is 3.18. The number of hydrogen-bond donors (Lipinski definition) is 1. The van der Waals surface area contributed by atoms with Crippen LogP contribution in [0.4, 0.5) is 17.6 Å². The molecule has 1 aliphatic heterocycles. The van der Waals surface area contributed by atoms with Gasteiger partial charge in [-0.1, -0.05) is 24.3 Å². The maximum Gasteiger partial charge on any atom is 0.243 e. The maximum atomic E-state index is 15.2. The van der Waals surface area contributed by atoms with Crippen molar-refractivity contribution >= 4 is 22.1 Å². The van der Waals surface area contributed by atoms with E-state index in [9.17, 15) is 31.2 Å². The zero-order valence-electron chi connectivity index (χ0n) is 24.6. The average Bonchev–Trinajstić information content (AvgIpc) is 3.03. The molecule has 0 unspecified atom stereocenters. The molecule has 0 spiro atoms. The summed E-state index contributed by atoms with van der Waals surface area (Å²) in [6, 6.07) is 13.3. The van der Waals surface area contributed by atoms with Gasteiger partial charge in [-0.2, -0.15) is 4.31 Å². The van der Waals surface area contributed by atoms with Crippen LogP contribution in [-0.4, -0.2) is 55.5 Å². The van der Waals surface area contributed by atoms with Crippen molar-refractivity contribution in [1.29, 1.82) is 0 Å². The number of ketones is 1. The van der Waals surface area contributed by atoms with Crippen LogP contribution in [0.15, 0.2) is 84.0 Å². The first kappa shape index (κ1) is 33.1. The number of rotatable bonds is 12. The Morgan fingerprint density at radius 3 is 2.30 bits per heavy atom. The molecule has 0 radical (unpaired) electrons. The van der Waals surface area contributed by atoms with Gasteiger partial charge >= 0.3 is 0 Å². The lowest BCUT2D eigenvalue weighted by Crippen LogP contribution is -2.53. The highest BCUT2D eigenvalue weighted by atomic mass is 32.2. The van der Waals surface area contributed by atoms with Crippen molar-refractivity contribution in [2.45, 2.75) is 42.5 Å². The zero-order valence-corrected chi connectivity index (χ0v) is 25.5. The lowest BCUT2D eigenvalue weighted by Gasteiger charge is -2.35. The molecule has 2 heterocycles. The molecule has 1 aromatic heterocycles. The molecule has 1 aliphatic rings. The third-order valence-corrected chi connectivity index (χ3v) is 10.1. The van der Waals surface area contributed by atoms with Crippen LogP contribution >= 0.6 is 0 Å². The number of Topliss-reactive ketones (excluding diaryl/α,β-unsaturated/α-hetero) is 1. The minimum atomic E-state index is -3.91. The van der Waals surface area contributed by atoms with Gasteiger partial charge < -0.3 is 5.32 Å². The van der Waals surface area contributed by atoms with E-state index in [0.717, 1.165) is 24.4 Å². The number of carbonyl (C=O) groups is 2. The van der Waals surface area contributed by atoms with Gasteiger partial charge in [0.1, 0.15) is 35.3 Å². The van der Waals surface area contributed by atoms with Crippen LogP contribution < -0.4 is 5.32 Å². The highest BCUT2D eigenvalue weighted by Crippen LogP contribution is 2.31. The van der Waals surface area contributed by atoms with Gasteiger partial charge in [0, 0.05) is 62.3 Å². The quantitative estimate of drug-likeness (QED) is 0.163. The molecular formula is C34H31F4N3O4S. The zero-order chi connectivity index (χ0) is 32.8. The summed E-state index contributed by atoms with van der Waals surface area (Å²) in [4.78, 5) is 28.4. The van der Waals surface area contributed by atoms with Crippen molar-refractivity contribution in [2.24, 2.45) is 0 Å². The lowest BCUT2D eigenvalue weighted by atomic mass is 9.85. The van der Waals surface area contributed by atoms with E-state index in [1.807, 2.05) is 0 Å². The van der Waals surface area contributed by atoms with Crippen LogP contribution in [0.25, 0.3) is 0 Å². The molecule has 1 fully saturated rings. The molecule has 1 saturated heterocycles. The second-order valence-corrected chi connectivity index (χ2v) is 13.1. The van der Waals surface area contributed by atoms with Gasteiger partial charge in [0.25, 0.3) is 0 Å². The molecule has 1 N–H and O–H groups in total. The standard InChI is InChI=1S/C34H31F4N3O4S/c35-26-5-3-23(4-6-26)33(24-13-27(36)16-28(37)14-24)17-30(43)15-25-18-40-20-34(38)32(25)10-7-29-19-39-11-12-41(29)46(44,45)31-8-1-22(21-42)2-9-31/h1-6,8-9,13-14,16,18,20-21,29,33,39H,7,10-12,15,17,19H2/t29-,33-/m0/s1. The minimum Gasteiger partial charge on any atom is -0.314 e. The van der Waals surface area contributed by atoms with Gasteiger partial charge in [-0.3, -0.25) is 14.6 Å². The van der Waals surface area contributed by atoms with Crippen molar-refractivity contribution in [3.63, 3.8) is 0 Å². The SMILES string of the molecule is O=Cc1ccc(S(=O)(=O)N2CCNC[C@@H]2CCc2c(F)cncc2CC(=O)C[C@@H](c2ccc(F)cc2)c2cc(F)cc(F)c2)cc1. The van der Waals surface area contributed by atoms with Gasteiger partial charge in [0.2, 0.25) is 10.0 Å². The number of piperazine rings is 1. The fraction of sp³-hybridized carbons (Fsp3) is 0.265. The van der Waals surface area contributed by atoms with E-state index >= 15 is 4.39 Å². The molecule has 12 heteroatoms. The Kier molecular flexibility index (Phi) is 10.4. The highest BCUT2D eigenvalue weighted by Gasteiger charge is 2.33. The number of carbonyl (C=O) groups excluding carboxylic acids is 2. The number of aldehydes is 1. The van der Waals surface area contributed by atoms with Crippen molar-refractivity contribution in [3.05, 3.63) is 130 Å². The number of nitrogens with one attached hydrogen (secondary N) is 1. The normalized spacial score (nSPS) is 16.2.